The highest BCUT2D eigenvalue weighted by Crippen LogP contribution is 2.32. The lowest BCUT2D eigenvalue weighted by Crippen LogP contribution is -2.26. The maximum Gasteiger partial charge on any atom is 0.240 e. The van der Waals surface area contributed by atoms with Crippen LogP contribution in [0.15, 0.2) is 41.3 Å². The third-order valence-electron chi connectivity index (χ3n) is 3.60. The number of sulfonamides is 1. The zero-order valence-electron chi connectivity index (χ0n) is 13.1. The number of methoxy groups -OCH3 is 1. The van der Waals surface area contributed by atoms with Gasteiger partial charge in [-0.05, 0) is 35.9 Å². The molecule has 0 amide bonds. The summed E-state index contributed by atoms with van der Waals surface area (Å²) in [6.07, 6.45) is 0. The Morgan fingerprint density at radius 2 is 1.96 bits per heavy atom. The lowest BCUT2D eigenvalue weighted by molar-refractivity contribution is -0.255. The van der Waals surface area contributed by atoms with Crippen LogP contribution in [0, 0.1) is 0 Å². The number of benzene rings is 2. The van der Waals surface area contributed by atoms with Gasteiger partial charge in [-0.2, -0.15) is 0 Å². The van der Waals surface area contributed by atoms with Crippen molar-refractivity contribution in [1.82, 2.24) is 4.72 Å². The minimum Gasteiger partial charge on any atom is -0.545 e. The molecule has 2 aromatic carbocycles. The van der Waals surface area contributed by atoms with Gasteiger partial charge in [-0.1, -0.05) is 6.07 Å². The molecule has 0 saturated carbocycles. The first-order chi connectivity index (χ1) is 11.9. The molecule has 9 heteroatoms. The Morgan fingerprint density at radius 3 is 2.68 bits per heavy atom. The van der Waals surface area contributed by atoms with Gasteiger partial charge >= 0.3 is 0 Å². The van der Waals surface area contributed by atoms with Crippen LogP contribution in [-0.4, -0.2) is 28.3 Å². The monoisotopic (exact) mass is 364 g/mol. The summed E-state index contributed by atoms with van der Waals surface area (Å²) < 4.78 is 42.5. The summed E-state index contributed by atoms with van der Waals surface area (Å²) in [7, 11) is -2.64. The number of carboxylic acid groups (broad SMARTS) is 1. The average Bonchev–Trinajstić information content (AvgIpc) is 3.07. The molecule has 0 spiro atoms. The molecule has 0 atom stereocenters. The minimum atomic E-state index is -3.92. The summed E-state index contributed by atoms with van der Waals surface area (Å²) in [5, 5.41) is 11.1. The summed E-state index contributed by atoms with van der Waals surface area (Å²) in [6.45, 7) is 0.133. The van der Waals surface area contributed by atoms with E-state index in [2.05, 4.69) is 4.72 Å². The lowest BCUT2D eigenvalue weighted by atomic mass is 10.2. The van der Waals surface area contributed by atoms with Gasteiger partial charge in [0.1, 0.15) is 5.75 Å². The second-order valence-electron chi connectivity index (χ2n) is 5.16. The van der Waals surface area contributed by atoms with Crippen LogP contribution in [0.2, 0.25) is 0 Å². The molecule has 25 heavy (non-hydrogen) atoms. The Labute approximate surface area is 144 Å². The highest BCUT2D eigenvalue weighted by molar-refractivity contribution is 7.89. The van der Waals surface area contributed by atoms with E-state index in [0.29, 0.717) is 17.1 Å². The zero-order chi connectivity index (χ0) is 18.0. The quantitative estimate of drug-likeness (QED) is 0.782. The maximum absolute atomic E-state index is 12.4. The van der Waals surface area contributed by atoms with Crippen LogP contribution < -0.4 is 24.0 Å². The first-order valence-corrected chi connectivity index (χ1v) is 8.66. The molecule has 132 valence electrons. The second-order valence-corrected chi connectivity index (χ2v) is 6.93. The summed E-state index contributed by atoms with van der Waals surface area (Å²) >= 11 is 0. The number of aromatic carboxylic acids is 1. The third-order valence-corrected chi connectivity index (χ3v) is 5.00. The number of carbonyl (C=O) groups is 1. The van der Waals surface area contributed by atoms with Crippen molar-refractivity contribution in [2.24, 2.45) is 0 Å². The van der Waals surface area contributed by atoms with Gasteiger partial charge in [0.15, 0.2) is 11.5 Å². The van der Waals surface area contributed by atoms with Gasteiger partial charge in [0, 0.05) is 12.1 Å². The molecule has 2 aromatic rings. The maximum atomic E-state index is 12.4. The van der Waals surface area contributed by atoms with Gasteiger partial charge in [-0.3, -0.25) is 0 Å². The predicted octanol–water partition coefficient (Wildman–Crippen LogP) is 0.266. The van der Waals surface area contributed by atoms with Crippen LogP contribution in [0.5, 0.6) is 17.2 Å². The van der Waals surface area contributed by atoms with Crippen molar-refractivity contribution in [1.29, 1.82) is 0 Å². The van der Waals surface area contributed by atoms with Crippen molar-refractivity contribution < 1.29 is 32.5 Å². The Kier molecular flexibility index (Phi) is 4.51. The molecule has 0 saturated heterocycles. The molecule has 1 heterocycles. The average molecular weight is 364 g/mol. The van der Waals surface area contributed by atoms with Gasteiger partial charge in [0.2, 0.25) is 16.8 Å². The predicted molar refractivity (Wildman–Crippen MR) is 83.9 cm³/mol. The van der Waals surface area contributed by atoms with Crippen molar-refractivity contribution in [3.63, 3.8) is 0 Å². The molecule has 0 bridgehead atoms. The lowest BCUT2D eigenvalue weighted by Gasteiger charge is -2.12. The first-order valence-electron chi connectivity index (χ1n) is 7.18. The van der Waals surface area contributed by atoms with Gasteiger partial charge in [-0.25, -0.2) is 13.1 Å². The number of carboxylic acids is 1. The van der Waals surface area contributed by atoms with Crippen LogP contribution in [-0.2, 0) is 16.6 Å². The number of nitrogens with one attached hydrogen (secondary N) is 1. The smallest absolute Gasteiger partial charge is 0.240 e. The Balaban J connectivity index is 1.80. The molecule has 0 aliphatic carbocycles. The number of carbonyl (C=O) groups excluding carboxylic acids is 1. The van der Waals surface area contributed by atoms with Crippen LogP contribution in [0.3, 0.4) is 0 Å². The molecular formula is C16H14NO7S-. The number of ether oxygens (including phenoxy) is 3. The van der Waals surface area contributed by atoms with E-state index >= 15 is 0 Å². The number of hydrogen-bond acceptors (Lipinski definition) is 7. The minimum absolute atomic E-state index is 0.00561. The van der Waals surface area contributed by atoms with E-state index in [1.807, 2.05) is 0 Å². The van der Waals surface area contributed by atoms with Gasteiger partial charge in [0.25, 0.3) is 0 Å². The SMILES string of the molecule is COc1ccc(S(=O)(=O)NCc2ccc3c(c2)OCO3)cc1C(=O)[O-]. The Bertz CT molecular complexity index is 924. The molecule has 8 nitrogen and oxygen atoms in total. The van der Waals surface area contributed by atoms with Gasteiger partial charge < -0.3 is 24.1 Å². The molecule has 3 rings (SSSR count). The van der Waals surface area contributed by atoms with E-state index in [1.54, 1.807) is 18.2 Å². The van der Waals surface area contributed by atoms with Crippen molar-refractivity contribution in [2.75, 3.05) is 13.9 Å². The fourth-order valence-corrected chi connectivity index (χ4v) is 3.37. The van der Waals surface area contributed by atoms with Crippen LogP contribution in [0.4, 0.5) is 0 Å². The highest BCUT2D eigenvalue weighted by Gasteiger charge is 2.18. The Morgan fingerprint density at radius 1 is 1.20 bits per heavy atom. The molecule has 0 fully saturated rings. The zero-order valence-corrected chi connectivity index (χ0v) is 14.0. The molecule has 0 radical (unpaired) electrons. The Hall–Kier alpha value is -2.78. The van der Waals surface area contributed by atoms with Crippen molar-refractivity contribution >= 4 is 16.0 Å². The standard InChI is InChI=1S/C16H15NO7S/c1-22-13-5-3-11(7-12(13)16(18)19)25(20,21)17-8-10-2-4-14-15(6-10)24-9-23-14/h2-7,17H,8-9H2,1H3,(H,18,19)/p-1. The van der Waals surface area contributed by atoms with Gasteiger partial charge in [0.05, 0.1) is 18.0 Å². The van der Waals surface area contributed by atoms with Crippen LogP contribution in [0.1, 0.15) is 15.9 Å². The largest absolute Gasteiger partial charge is 0.545 e. The number of hydrogen-bond donors (Lipinski definition) is 1. The first kappa shape index (κ1) is 17.1. The third kappa shape index (κ3) is 3.52. The van der Waals surface area contributed by atoms with Crippen LogP contribution in [0.25, 0.3) is 0 Å². The van der Waals surface area contributed by atoms with Gasteiger partial charge in [-0.15, -0.1) is 0 Å². The van der Waals surface area contributed by atoms with E-state index in [4.69, 9.17) is 14.2 Å². The second kappa shape index (κ2) is 6.61. The molecular weight excluding hydrogens is 350 g/mol. The van der Waals surface area contributed by atoms with E-state index < -0.39 is 16.0 Å². The summed E-state index contributed by atoms with van der Waals surface area (Å²) in [6, 6.07) is 8.58. The van der Waals surface area contributed by atoms with Crippen LogP contribution >= 0.6 is 0 Å². The molecule has 0 unspecified atom stereocenters. The van der Waals surface area contributed by atoms with Crippen molar-refractivity contribution in [3.8, 4) is 17.2 Å². The van der Waals surface area contributed by atoms with E-state index in [0.717, 1.165) is 6.07 Å². The summed E-state index contributed by atoms with van der Waals surface area (Å²) in [4.78, 5) is 10.9. The molecule has 1 aliphatic rings. The highest BCUT2D eigenvalue weighted by atomic mass is 32.2. The van der Waals surface area contributed by atoms with Crippen molar-refractivity contribution in [2.45, 2.75) is 11.4 Å². The van der Waals surface area contributed by atoms with Crippen molar-refractivity contribution in [3.05, 3.63) is 47.5 Å². The fourth-order valence-electron chi connectivity index (χ4n) is 2.33. The summed E-state index contributed by atoms with van der Waals surface area (Å²) in [5.74, 6) is -0.361. The normalized spacial score (nSPS) is 12.8. The molecule has 1 N–H and O–H groups in total. The number of fused-ring (bicyclic) bond motifs is 1. The summed E-state index contributed by atoms with van der Waals surface area (Å²) in [5.41, 5.74) is 0.329. The van der Waals surface area contributed by atoms with E-state index in [-0.39, 0.29) is 29.5 Å². The number of rotatable bonds is 6. The van der Waals surface area contributed by atoms with E-state index in [9.17, 15) is 18.3 Å². The van der Waals surface area contributed by atoms with E-state index in [1.165, 1.54) is 19.2 Å². The topological polar surface area (TPSA) is 114 Å². The fraction of sp³-hybridized carbons (Fsp3) is 0.188. The molecule has 0 aromatic heterocycles. The molecule has 1 aliphatic heterocycles.